The van der Waals surface area contributed by atoms with Crippen molar-refractivity contribution in [1.29, 1.82) is 0 Å². The number of nitrogens with zero attached hydrogens (tertiary/aromatic N) is 1. The van der Waals surface area contributed by atoms with Crippen LogP contribution in [-0.2, 0) is 0 Å². The highest BCUT2D eigenvalue weighted by Gasteiger charge is 2.19. The first-order valence-corrected chi connectivity index (χ1v) is 4.00. The fourth-order valence-corrected chi connectivity index (χ4v) is 1.09. The highest BCUT2D eigenvalue weighted by molar-refractivity contribution is 9.10. The third-order valence-electron chi connectivity index (χ3n) is 1.51. The summed E-state index contributed by atoms with van der Waals surface area (Å²) in [5, 5.41) is 11.0. The van der Waals surface area contributed by atoms with Gasteiger partial charge >= 0.3 is 6.43 Å². The molecule has 0 aromatic carbocycles. The second kappa shape index (κ2) is 3.35. The predicted octanol–water partition coefficient (Wildman–Crippen LogP) is 2.33. The van der Waals surface area contributed by atoms with Crippen molar-refractivity contribution in [2.24, 2.45) is 0 Å². The van der Waals surface area contributed by atoms with Gasteiger partial charge < -0.3 is 5.21 Å². The van der Waals surface area contributed by atoms with Gasteiger partial charge in [-0.05, 0) is 22.0 Å². The van der Waals surface area contributed by atoms with E-state index in [1.54, 1.807) is 0 Å². The van der Waals surface area contributed by atoms with Crippen LogP contribution in [-0.4, -0.2) is 0 Å². The second-order valence-electron chi connectivity index (χ2n) is 2.29. The van der Waals surface area contributed by atoms with E-state index in [9.17, 15) is 14.0 Å². The zero-order valence-electron chi connectivity index (χ0n) is 6.22. The van der Waals surface area contributed by atoms with Gasteiger partial charge in [-0.2, -0.15) is 13.5 Å². The Labute approximate surface area is 76.5 Å². The third-order valence-corrected chi connectivity index (χ3v) is 2.35. The van der Waals surface area contributed by atoms with Crippen molar-refractivity contribution in [3.8, 4) is 0 Å². The largest absolute Gasteiger partial charge is 0.618 e. The Hall–Kier alpha value is -0.710. The Morgan fingerprint density at radius 2 is 2.08 bits per heavy atom. The van der Waals surface area contributed by atoms with E-state index in [-0.39, 0.29) is 10.4 Å². The monoisotopic (exact) mass is 237 g/mol. The smallest absolute Gasteiger partial charge is 0.322 e. The van der Waals surface area contributed by atoms with Crippen molar-refractivity contribution < 1.29 is 13.5 Å². The van der Waals surface area contributed by atoms with E-state index in [2.05, 4.69) is 15.9 Å². The fourth-order valence-electron chi connectivity index (χ4n) is 0.799. The summed E-state index contributed by atoms with van der Waals surface area (Å²) in [6.07, 6.45) is -2.73. The molecule has 0 amide bonds. The van der Waals surface area contributed by atoms with Crippen molar-refractivity contribution in [3.63, 3.8) is 0 Å². The van der Waals surface area contributed by atoms with Crippen molar-refractivity contribution >= 4 is 15.9 Å². The maximum atomic E-state index is 12.1. The molecule has 66 valence electrons. The Morgan fingerprint density at radius 1 is 1.50 bits per heavy atom. The van der Waals surface area contributed by atoms with Gasteiger partial charge in [0.15, 0.2) is 0 Å². The van der Waals surface area contributed by atoms with Crippen LogP contribution < -0.4 is 4.73 Å². The van der Waals surface area contributed by atoms with Gasteiger partial charge in [-0.25, -0.2) is 0 Å². The molecule has 5 heteroatoms. The topological polar surface area (TPSA) is 26.9 Å². The van der Waals surface area contributed by atoms with E-state index in [0.29, 0.717) is 4.47 Å². The van der Waals surface area contributed by atoms with Gasteiger partial charge in [0.05, 0.1) is 4.47 Å². The van der Waals surface area contributed by atoms with Gasteiger partial charge in [0.2, 0.25) is 5.69 Å². The summed E-state index contributed by atoms with van der Waals surface area (Å²) >= 11 is 3.06. The molecule has 2 nitrogen and oxygen atoms in total. The van der Waals surface area contributed by atoms with Crippen molar-refractivity contribution in [2.75, 3.05) is 0 Å². The first kappa shape index (κ1) is 9.38. The minimum absolute atomic E-state index is 0.231. The molecule has 12 heavy (non-hydrogen) atoms. The van der Waals surface area contributed by atoms with Gasteiger partial charge in [0.1, 0.15) is 0 Å². The van der Waals surface area contributed by atoms with Crippen LogP contribution in [0.4, 0.5) is 8.78 Å². The van der Waals surface area contributed by atoms with Crippen LogP contribution >= 0.6 is 15.9 Å². The molecule has 0 aliphatic heterocycles. The number of pyridine rings is 1. The van der Waals surface area contributed by atoms with Gasteiger partial charge in [0, 0.05) is 13.0 Å². The molecule has 0 aliphatic rings. The first-order valence-electron chi connectivity index (χ1n) is 3.20. The van der Waals surface area contributed by atoms with Crippen LogP contribution in [0.3, 0.4) is 0 Å². The lowest BCUT2D eigenvalue weighted by atomic mass is 10.3. The highest BCUT2D eigenvalue weighted by atomic mass is 79.9. The van der Waals surface area contributed by atoms with E-state index in [1.165, 1.54) is 13.0 Å². The van der Waals surface area contributed by atoms with E-state index in [4.69, 9.17) is 0 Å². The third kappa shape index (κ3) is 1.55. The normalized spacial score (nSPS) is 10.8. The van der Waals surface area contributed by atoms with Gasteiger partial charge in [0.25, 0.3) is 5.69 Å². The molecule has 0 spiro atoms. The maximum absolute atomic E-state index is 12.1. The molecule has 0 atom stereocenters. The molecule has 0 saturated carbocycles. The van der Waals surface area contributed by atoms with Gasteiger partial charge in [-0.1, -0.05) is 0 Å². The molecular weight excluding hydrogens is 232 g/mol. The molecule has 0 bridgehead atoms. The van der Waals surface area contributed by atoms with E-state index in [1.807, 2.05) is 0 Å². The number of hydrogen-bond donors (Lipinski definition) is 0. The predicted molar refractivity (Wildman–Crippen MR) is 42.8 cm³/mol. The van der Waals surface area contributed by atoms with E-state index >= 15 is 0 Å². The molecule has 0 radical (unpaired) electrons. The molecule has 0 aliphatic carbocycles. The zero-order chi connectivity index (χ0) is 9.30. The molecule has 0 N–H and O–H groups in total. The van der Waals surface area contributed by atoms with Crippen molar-refractivity contribution in [2.45, 2.75) is 13.3 Å². The standard InChI is InChI=1S/C7H6BrF2NO/c1-4-5(8)2-3-6(7(9)10)11(4)12/h2-3,7H,1H3. The van der Waals surface area contributed by atoms with Crippen molar-refractivity contribution in [1.82, 2.24) is 0 Å². The minimum atomic E-state index is -2.73. The summed E-state index contributed by atoms with van der Waals surface area (Å²) in [7, 11) is 0. The number of rotatable bonds is 1. The summed E-state index contributed by atoms with van der Waals surface area (Å²) in [6, 6.07) is 2.54. The highest BCUT2D eigenvalue weighted by Crippen LogP contribution is 2.18. The van der Waals surface area contributed by atoms with E-state index < -0.39 is 12.1 Å². The van der Waals surface area contributed by atoms with Crippen molar-refractivity contribution in [3.05, 3.63) is 33.2 Å². The lowest BCUT2D eigenvalue weighted by molar-refractivity contribution is -0.627. The number of hydrogen-bond acceptors (Lipinski definition) is 1. The van der Waals surface area contributed by atoms with Crippen LogP contribution in [0.2, 0.25) is 0 Å². The molecular formula is C7H6BrF2NO. The van der Waals surface area contributed by atoms with Gasteiger partial charge in [-0.15, -0.1) is 0 Å². The molecule has 0 saturated heterocycles. The fraction of sp³-hybridized carbons (Fsp3) is 0.286. The molecule has 0 unspecified atom stereocenters. The Kier molecular flexibility index (Phi) is 2.62. The summed E-state index contributed by atoms with van der Waals surface area (Å²) in [6.45, 7) is 1.48. The zero-order valence-corrected chi connectivity index (χ0v) is 7.81. The SMILES string of the molecule is Cc1c(Br)ccc(C(F)F)[n+]1[O-]. The Morgan fingerprint density at radius 3 is 2.58 bits per heavy atom. The summed E-state index contributed by atoms with van der Waals surface area (Å²) in [5.74, 6) is 0. The quantitative estimate of drug-likeness (QED) is 0.544. The van der Waals surface area contributed by atoms with Gasteiger partial charge in [-0.3, -0.25) is 0 Å². The molecule has 1 aromatic rings. The summed E-state index contributed by atoms with van der Waals surface area (Å²) < 4.78 is 25.0. The second-order valence-corrected chi connectivity index (χ2v) is 3.14. The van der Waals surface area contributed by atoms with Crippen LogP contribution in [0.1, 0.15) is 17.8 Å². The van der Waals surface area contributed by atoms with Crippen LogP contribution in [0.15, 0.2) is 16.6 Å². The lowest BCUT2D eigenvalue weighted by Crippen LogP contribution is -2.35. The Balaban J connectivity index is 3.27. The first-order chi connectivity index (χ1) is 5.54. The molecule has 0 fully saturated rings. The minimum Gasteiger partial charge on any atom is -0.618 e. The summed E-state index contributed by atoms with van der Waals surface area (Å²) in [5.41, 5.74) is -0.275. The Bertz CT molecular complexity index is 304. The lowest BCUT2D eigenvalue weighted by Gasteiger charge is -2.06. The average molecular weight is 238 g/mol. The summed E-state index contributed by atoms with van der Waals surface area (Å²) in [4.78, 5) is 0. The number of alkyl halides is 2. The van der Waals surface area contributed by atoms with Crippen LogP contribution in [0.25, 0.3) is 0 Å². The van der Waals surface area contributed by atoms with E-state index in [0.717, 1.165) is 6.07 Å². The molecule has 1 heterocycles. The number of aromatic nitrogens is 1. The average Bonchev–Trinajstić information content (AvgIpc) is 2.00. The molecule has 1 aromatic heterocycles. The number of halogens is 3. The molecule has 1 rings (SSSR count). The van der Waals surface area contributed by atoms with Crippen LogP contribution in [0.5, 0.6) is 0 Å². The van der Waals surface area contributed by atoms with Crippen LogP contribution in [0, 0.1) is 12.1 Å². The maximum Gasteiger partial charge on any atom is 0.322 e.